The van der Waals surface area contributed by atoms with Gasteiger partial charge < -0.3 is 18.7 Å². The minimum Gasteiger partial charge on any atom is -0.494 e. The molecule has 1 rings (SSSR count). The van der Waals surface area contributed by atoms with Crippen LogP contribution in [-0.2, 0) is 16.3 Å². The van der Waals surface area contributed by atoms with Crippen LogP contribution >= 0.6 is 6.72 Å². The van der Waals surface area contributed by atoms with Crippen LogP contribution in [0.3, 0.4) is 0 Å². The van der Waals surface area contributed by atoms with Crippen molar-refractivity contribution in [3.63, 3.8) is 0 Å². The maximum absolute atomic E-state index is 9.40. The van der Waals surface area contributed by atoms with Crippen LogP contribution in [0.15, 0.2) is 24.3 Å². The van der Waals surface area contributed by atoms with Crippen molar-refractivity contribution in [2.75, 3.05) is 13.7 Å². The summed E-state index contributed by atoms with van der Waals surface area (Å²) in [6, 6.07) is 6.82. The summed E-state index contributed by atoms with van der Waals surface area (Å²) in [4.78, 5) is 9.40. The van der Waals surface area contributed by atoms with Crippen LogP contribution in [-0.4, -0.2) is 18.6 Å². The quantitative estimate of drug-likeness (QED) is 0.810. The summed E-state index contributed by atoms with van der Waals surface area (Å²) in [6.45, 7) is -0.620. The van der Waals surface area contributed by atoms with Gasteiger partial charge >= 0.3 is 6.72 Å². The van der Waals surface area contributed by atoms with E-state index in [-0.39, 0.29) is 0 Å². The highest BCUT2D eigenvalue weighted by molar-refractivity contribution is 8.07. The fourth-order valence-corrected chi connectivity index (χ4v) is 1.65. The van der Waals surface area contributed by atoms with Crippen LogP contribution < -0.4 is 9.26 Å². The van der Waals surface area contributed by atoms with Gasteiger partial charge in [0, 0.05) is 18.9 Å². The van der Waals surface area contributed by atoms with Crippen molar-refractivity contribution < 1.29 is 18.7 Å². The van der Waals surface area contributed by atoms with Gasteiger partial charge in [-0.25, -0.2) is 0 Å². The maximum atomic E-state index is 9.40. The predicted molar refractivity (Wildman–Crippen MR) is 61.8 cm³/mol. The van der Waals surface area contributed by atoms with Gasteiger partial charge in [-0.15, -0.1) is 0 Å². The van der Waals surface area contributed by atoms with Gasteiger partial charge in [-0.3, -0.25) is 0 Å². The number of rotatable bonds is 5. The molecule has 0 bridgehead atoms. The Labute approximate surface area is 94.0 Å². The van der Waals surface area contributed by atoms with E-state index in [1.165, 1.54) is 7.11 Å². The van der Waals surface area contributed by atoms with Crippen molar-refractivity contribution in [2.24, 2.45) is 0 Å². The molecule has 0 saturated heterocycles. The van der Waals surface area contributed by atoms with Gasteiger partial charge in [-0.2, -0.15) is 0 Å². The summed E-state index contributed by atoms with van der Waals surface area (Å²) in [7, 11) is 1.31. The highest BCUT2D eigenvalue weighted by atomic mass is 32.5. The molecule has 1 aromatic carbocycles. The first kappa shape index (κ1) is 12.5. The number of hydrogen-bond donors (Lipinski definition) is 1. The van der Waals surface area contributed by atoms with Gasteiger partial charge in [0.05, 0.1) is 6.61 Å². The van der Waals surface area contributed by atoms with E-state index in [2.05, 4.69) is 4.52 Å². The van der Waals surface area contributed by atoms with Gasteiger partial charge in [0.25, 0.3) is 0 Å². The molecule has 1 N–H and O–H groups in total. The first-order valence-corrected chi connectivity index (χ1v) is 6.97. The molecule has 0 aromatic heterocycles. The van der Waals surface area contributed by atoms with Gasteiger partial charge in [-0.05, 0) is 31.2 Å². The molecule has 0 fully saturated rings. The van der Waals surface area contributed by atoms with Crippen LogP contribution in [0.5, 0.6) is 11.5 Å². The molecule has 0 aliphatic rings. The van der Waals surface area contributed by atoms with Crippen LogP contribution in [0.2, 0.25) is 0 Å². The average Bonchev–Trinajstić information content (AvgIpc) is 2.21. The van der Waals surface area contributed by atoms with Crippen LogP contribution in [0.4, 0.5) is 0 Å². The number of benzene rings is 1. The SMILES string of the molecule is CCOc1ccc(OP(O)(=S)OC)cc1. The molecule has 1 aromatic rings. The molecule has 0 aliphatic heterocycles. The molecule has 0 saturated carbocycles. The molecule has 0 aliphatic carbocycles. The zero-order valence-corrected chi connectivity index (χ0v) is 10.3. The van der Waals surface area contributed by atoms with Crippen LogP contribution in [0.25, 0.3) is 0 Å². The van der Waals surface area contributed by atoms with E-state index in [0.717, 1.165) is 5.75 Å². The Morgan fingerprint density at radius 3 is 2.27 bits per heavy atom. The smallest absolute Gasteiger partial charge is 0.377 e. The third-order valence-electron chi connectivity index (χ3n) is 1.59. The second-order valence-electron chi connectivity index (χ2n) is 2.65. The molecule has 0 radical (unpaired) electrons. The lowest BCUT2D eigenvalue weighted by molar-refractivity contribution is 0.312. The van der Waals surface area contributed by atoms with Crippen molar-refractivity contribution in [3.05, 3.63) is 24.3 Å². The molecular weight excluding hydrogens is 235 g/mol. The molecule has 1 atom stereocenters. The van der Waals surface area contributed by atoms with Crippen LogP contribution in [0, 0.1) is 0 Å². The lowest BCUT2D eigenvalue weighted by Crippen LogP contribution is -1.94. The normalized spacial score (nSPS) is 14.3. The molecule has 84 valence electrons. The van der Waals surface area contributed by atoms with E-state index in [4.69, 9.17) is 21.1 Å². The summed E-state index contributed by atoms with van der Waals surface area (Å²) in [5, 5.41) is 0. The largest absolute Gasteiger partial charge is 0.494 e. The van der Waals surface area contributed by atoms with E-state index in [1.807, 2.05) is 6.92 Å². The van der Waals surface area contributed by atoms with Gasteiger partial charge in [-0.1, -0.05) is 0 Å². The Kier molecular flexibility index (Phi) is 4.54. The summed E-state index contributed by atoms with van der Waals surface area (Å²) >= 11 is 4.70. The Hall–Kier alpha value is -0.610. The van der Waals surface area contributed by atoms with Gasteiger partial charge in [0.2, 0.25) is 0 Å². The topological polar surface area (TPSA) is 47.9 Å². The highest BCUT2D eigenvalue weighted by Crippen LogP contribution is 2.43. The number of ether oxygens (including phenoxy) is 1. The predicted octanol–water partition coefficient (Wildman–Crippen LogP) is 2.33. The summed E-state index contributed by atoms with van der Waals surface area (Å²) in [5.74, 6) is 1.21. The fourth-order valence-electron chi connectivity index (χ4n) is 0.934. The molecule has 6 heteroatoms. The highest BCUT2D eigenvalue weighted by Gasteiger charge is 2.13. The van der Waals surface area contributed by atoms with E-state index in [9.17, 15) is 4.89 Å². The van der Waals surface area contributed by atoms with E-state index >= 15 is 0 Å². The van der Waals surface area contributed by atoms with Crippen LogP contribution in [0.1, 0.15) is 6.92 Å². The summed E-state index contributed by atoms with van der Waals surface area (Å²) < 4.78 is 15.0. The van der Waals surface area contributed by atoms with E-state index in [0.29, 0.717) is 12.4 Å². The van der Waals surface area contributed by atoms with Crippen molar-refractivity contribution in [1.29, 1.82) is 0 Å². The van der Waals surface area contributed by atoms with Crippen molar-refractivity contribution >= 4 is 18.5 Å². The Balaban J connectivity index is 2.68. The first-order valence-electron chi connectivity index (χ1n) is 4.38. The van der Waals surface area contributed by atoms with E-state index < -0.39 is 6.72 Å². The minimum absolute atomic E-state index is 0.464. The van der Waals surface area contributed by atoms with Crippen molar-refractivity contribution in [3.8, 4) is 11.5 Å². The molecule has 0 amide bonds. The Bertz CT molecular complexity index is 352. The third kappa shape index (κ3) is 4.18. The van der Waals surface area contributed by atoms with Gasteiger partial charge in [0.1, 0.15) is 11.5 Å². The minimum atomic E-state index is -3.13. The van der Waals surface area contributed by atoms with Crippen molar-refractivity contribution in [2.45, 2.75) is 6.92 Å². The van der Waals surface area contributed by atoms with Crippen molar-refractivity contribution in [1.82, 2.24) is 0 Å². The molecule has 4 nitrogen and oxygen atoms in total. The molecule has 0 spiro atoms. The van der Waals surface area contributed by atoms with Gasteiger partial charge in [0.15, 0.2) is 0 Å². The lowest BCUT2D eigenvalue weighted by atomic mass is 10.3. The zero-order chi connectivity index (χ0) is 11.3. The number of hydrogen-bond acceptors (Lipinski definition) is 4. The lowest BCUT2D eigenvalue weighted by Gasteiger charge is -2.14. The first-order chi connectivity index (χ1) is 7.07. The second-order valence-corrected chi connectivity index (χ2v) is 5.52. The molecule has 1 unspecified atom stereocenters. The van der Waals surface area contributed by atoms with E-state index in [1.54, 1.807) is 24.3 Å². The zero-order valence-electron chi connectivity index (χ0n) is 8.54. The second kappa shape index (κ2) is 5.47. The fraction of sp³-hybridized carbons (Fsp3) is 0.333. The average molecular weight is 248 g/mol. The Morgan fingerprint density at radius 1 is 1.27 bits per heavy atom. The summed E-state index contributed by atoms with van der Waals surface area (Å²) in [5.41, 5.74) is 0. The standard InChI is InChI=1S/C9H13O4PS/c1-3-12-8-4-6-9(7-5-8)13-14(10,15)11-2/h4-7H,3H2,1-2H3,(H,10,15). The molecule has 15 heavy (non-hydrogen) atoms. The molecule has 0 heterocycles. The Morgan fingerprint density at radius 2 is 1.80 bits per heavy atom. The molecular formula is C9H13O4PS. The summed E-state index contributed by atoms with van der Waals surface area (Å²) in [6.07, 6.45) is 0. The third-order valence-corrected chi connectivity index (χ3v) is 3.16. The maximum Gasteiger partial charge on any atom is 0.377 e. The monoisotopic (exact) mass is 248 g/mol.